The molecule has 0 N–H and O–H groups in total. The summed E-state index contributed by atoms with van der Waals surface area (Å²) in [6.45, 7) is 0. The predicted octanol–water partition coefficient (Wildman–Crippen LogP) is 0.673. The molecule has 0 saturated carbocycles. The summed E-state index contributed by atoms with van der Waals surface area (Å²) < 4.78 is 75.6. The van der Waals surface area contributed by atoms with Crippen LogP contribution in [-0.2, 0) is 28.6 Å². The Kier molecular flexibility index (Phi) is 3.75. The minimum Gasteiger partial charge on any atom is -0.467 e. The minimum absolute atomic E-state index is 0.0364. The standard InChI is InChI=1S/C11H12F3NO6S/c1-20-10(17)8-3-2-6-4-7(5-9(16)15(6)8)21-22(18,19)11(12,13)14/h5-6,8H,2-4H2,1H3/t6?,8-/m0/s1/i6D. The van der Waals surface area contributed by atoms with Crippen LogP contribution in [0.5, 0.6) is 0 Å². The van der Waals surface area contributed by atoms with Crippen molar-refractivity contribution in [2.75, 3.05) is 7.11 Å². The van der Waals surface area contributed by atoms with Crippen molar-refractivity contribution in [2.24, 2.45) is 0 Å². The third kappa shape index (κ3) is 2.89. The van der Waals surface area contributed by atoms with Crippen molar-refractivity contribution in [1.29, 1.82) is 0 Å². The van der Waals surface area contributed by atoms with Crippen molar-refractivity contribution in [2.45, 2.75) is 36.8 Å². The van der Waals surface area contributed by atoms with E-state index in [1.54, 1.807) is 0 Å². The fraction of sp³-hybridized carbons (Fsp3) is 0.636. The highest BCUT2D eigenvalue weighted by atomic mass is 32.2. The maximum atomic E-state index is 12.3. The van der Waals surface area contributed by atoms with Crippen molar-refractivity contribution < 1.29 is 41.5 Å². The molecule has 0 bridgehead atoms. The Morgan fingerprint density at radius 3 is 2.64 bits per heavy atom. The number of ether oxygens (including phenoxy) is 1. The zero-order valence-electron chi connectivity index (χ0n) is 12.2. The number of rotatable bonds is 3. The molecule has 1 unspecified atom stereocenters. The normalized spacial score (nSPS) is 29.5. The Balaban J connectivity index is 2.29. The molecule has 22 heavy (non-hydrogen) atoms. The van der Waals surface area contributed by atoms with E-state index < -0.39 is 51.7 Å². The molecule has 0 aromatic heterocycles. The molecule has 2 heterocycles. The van der Waals surface area contributed by atoms with Crippen molar-refractivity contribution in [3.05, 3.63) is 11.8 Å². The van der Waals surface area contributed by atoms with Gasteiger partial charge in [0, 0.05) is 18.5 Å². The lowest BCUT2D eigenvalue weighted by Crippen LogP contribution is -2.47. The van der Waals surface area contributed by atoms with Crippen LogP contribution in [0.4, 0.5) is 13.2 Å². The van der Waals surface area contributed by atoms with Gasteiger partial charge in [0.05, 0.1) is 8.48 Å². The van der Waals surface area contributed by atoms with Crippen LogP contribution in [0.15, 0.2) is 11.8 Å². The van der Waals surface area contributed by atoms with Crippen LogP contribution in [-0.4, -0.2) is 49.9 Å². The van der Waals surface area contributed by atoms with E-state index in [2.05, 4.69) is 8.92 Å². The van der Waals surface area contributed by atoms with Gasteiger partial charge in [-0.2, -0.15) is 21.6 Å². The smallest absolute Gasteiger partial charge is 0.467 e. The molecule has 1 amide bonds. The van der Waals surface area contributed by atoms with Crippen molar-refractivity contribution >= 4 is 22.0 Å². The van der Waals surface area contributed by atoms with Crippen LogP contribution in [0.3, 0.4) is 0 Å². The molecule has 2 rings (SSSR count). The first kappa shape index (κ1) is 15.1. The third-order valence-corrected chi connectivity index (χ3v) is 4.23. The van der Waals surface area contributed by atoms with Crippen LogP contribution in [0, 0.1) is 0 Å². The van der Waals surface area contributed by atoms with Gasteiger partial charge in [-0.05, 0) is 12.8 Å². The molecular weight excluding hydrogens is 331 g/mol. The van der Waals surface area contributed by atoms with E-state index >= 15 is 0 Å². The molecule has 1 fully saturated rings. The second kappa shape index (κ2) is 5.45. The molecule has 2 aliphatic rings. The Hall–Kier alpha value is -1.78. The average Bonchev–Trinajstić information content (AvgIpc) is 2.73. The van der Waals surface area contributed by atoms with E-state index in [1.165, 1.54) is 0 Å². The van der Waals surface area contributed by atoms with Gasteiger partial charge in [0.25, 0.3) is 5.91 Å². The fourth-order valence-corrected chi connectivity index (χ4v) is 2.80. The summed E-state index contributed by atoms with van der Waals surface area (Å²) in [5, 5.41) is 0. The number of carbonyl (C=O) groups is 2. The van der Waals surface area contributed by atoms with Crippen molar-refractivity contribution in [3.63, 3.8) is 0 Å². The second-order valence-electron chi connectivity index (χ2n) is 4.62. The van der Waals surface area contributed by atoms with E-state index in [4.69, 9.17) is 1.37 Å². The predicted molar refractivity (Wildman–Crippen MR) is 64.4 cm³/mol. The van der Waals surface area contributed by atoms with Gasteiger partial charge in [-0.15, -0.1) is 0 Å². The van der Waals surface area contributed by atoms with E-state index in [9.17, 15) is 31.2 Å². The highest BCUT2D eigenvalue weighted by Crippen LogP contribution is 2.35. The number of methoxy groups -OCH3 is 1. The van der Waals surface area contributed by atoms with Crippen LogP contribution in [0.2, 0.25) is 0 Å². The summed E-state index contributed by atoms with van der Waals surface area (Å²) >= 11 is 0. The van der Waals surface area contributed by atoms with Crippen molar-refractivity contribution in [3.8, 4) is 0 Å². The van der Waals surface area contributed by atoms with Crippen LogP contribution >= 0.6 is 0 Å². The Morgan fingerprint density at radius 2 is 2.09 bits per heavy atom. The summed E-state index contributed by atoms with van der Waals surface area (Å²) in [5.41, 5.74) is -5.65. The Bertz CT molecular complexity index is 676. The van der Waals surface area contributed by atoms with Crippen LogP contribution < -0.4 is 0 Å². The van der Waals surface area contributed by atoms with Gasteiger partial charge in [-0.25, -0.2) is 4.79 Å². The van der Waals surface area contributed by atoms with Gasteiger partial charge < -0.3 is 13.8 Å². The number of hydrogen-bond acceptors (Lipinski definition) is 6. The quantitative estimate of drug-likeness (QED) is 0.425. The number of hydrogen-bond donors (Lipinski definition) is 0. The highest BCUT2D eigenvalue weighted by molar-refractivity contribution is 7.87. The number of carbonyl (C=O) groups excluding carboxylic acids is 2. The maximum Gasteiger partial charge on any atom is 0.534 e. The van der Waals surface area contributed by atoms with Crippen molar-refractivity contribution in [1.82, 2.24) is 4.90 Å². The number of amides is 1. The average molecular weight is 344 g/mol. The van der Waals surface area contributed by atoms with E-state index in [0.717, 1.165) is 12.0 Å². The zero-order valence-corrected chi connectivity index (χ0v) is 12.0. The number of fused-ring (bicyclic) bond motifs is 1. The molecule has 0 aromatic carbocycles. The lowest BCUT2D eigenvalue weighted by atomic mass is 10.1. The number of halogens is 3. The maximum absolute atomic E-state index is 12.3. The molecule has 1 saturated heterocycles. The summed E-state index contributed by atoms with van der Waals surface area (Å²) in [6, 6.07) is -2.80. The molecule has 7 nitrogen and oxygen atoms in total. The van der Waals surface area contributed by atoms with Gasteiger partial charge in [-0.3, -0.25) is 4.79 Å². The highest BCUT2D eigenvalue weighted by Gasteiger charge is 2.50. The Labute approximate surface area is 125 Å². The molecule has 124 valence electrons. The molecule has 2 aliphatic heterocycles. The number of alkyl halides is 3. The zero-order chi connectivity index (χ0) is 17.6. The first-order valence-electron chi connectivity index (χ1n) is 6.54. The monoisotopic (exact) mass is 344 g/mol. The Morgan fingerprint density at radius 1 is 1.45 bits per heavy atom. The van der Waals surface area contributed by atoms with Gasteiger partial charge in [0.1, 0.15) is 11.8 Å². The minimum atomic E-state index is -5.92. The fourth-order valence-electron chi connectivity index (χ4n) is 2.32. The molecule has 2 atom stereocenters. The van der Waals surface area contributed by atoms with E-state index in [0.29, 0.717) is 6.08 Å². The summed E-state index contributed by atoms with van der Waals surface area (Å²) in [5.74, 6) is -2.52. The molecule has 0 aromatic rings. The van der Waals surface area contributed by atoms with Gasteiger partial charge in [0.15, 0.2) is 0 Å². The summed E-state index contributed by atoms with van der Waals surface area (Å²) in [7, 11) is -4.83. The lowest BCUT2D eigenvalue weighted by molar-refractivity contribution is -0.151. The lowest BCUT2D eigenvalue weighted by Gasteiger charge is -2.31. The van der Waals surface area contributed by atoms with Crippen LogP contribution in [0.25, 0.3) is 0 Å². The van der Waals surface area contributed by atoms with E-state index in [1.807, 2.05) is 0 Å². The SMILES string of the molecule is [2H]C12CC[C@@H](C(=O)OC)N1C(=O)C=C(OS(=O)(=O)C(F)(F)F)C2. The number of esters is 1. The molecule has 0 spiro atoms. The number of nitrogens with zero attached hydrogens (tertiary/aromatic N) is 1. The first-order chi connectivity index (χ1) is 10.4. The van der Waals surface area contributed by atoms with Crippen LogP contribution in [0.1, 0.15) is 20.6 Å². The largest absolute Gasteiger partial charge is 0.534 e. The molecule has 11 heteroatoms. The molecular formula is C11H12F3NO6S. The first-order valence-corrected chi connectivity index (χ1v) is 7.44. The summed E-state index contributed by atoms with van der Waals surface area (Å²) in [6.07, 6.45) is -0.000783. The van der Waals surface area contributed by atoms with Gasteiger partial charge >= 0.3 is 21.6 Å². The topological polar surface area (TPSA) is 90.0 Å². The van der Waals surface area contributed by atoms with E-state index in [-0.39, 0.29) is 12.8 Å². The van der Waals surface area contributed by atoms with Gasteiger partial charge in [0.2, 0.25) is 0 Å². The summed E-state index contributed by atoms with van der Waals surface area (Å²) in [4.78, 5) is 24.5. The molecule has 0 radical (unpaired) electrons. The van der Waals surface area contributed by atoms with Gasteiger partial charge in [-0.1, -0.05) is 0 Å². The second-order valence-corrected chi connectivity index (χ2v) is 6.16. The third-order valence-electron chi connectivity index (χ3n) is 3.23. The molecule has 0 aliphatic carbocycles.